The summed E-state index contributed by atoms with van der Waals surface area (Å²) in [5.41, 5.74) is 0.348. The number of carbonyl (C=O) groups is 1. The molecule has 0 fully saturated rings. The second-order valence-corrected chi connectivity index (χ2v) is 7.62. The molecule has 148 valence electrons. The second kappa shape index (κ2) is 7.17. The molecule has 2 aromatic heterocycles. The van der Waals surface area contributed by atoms with E-state index >= 15 is 0 Å². The van der Waals surface area contributed by atoms with Crippen LogP contribution in [0.2, 0.25) is 0 Å². The molecule has 29 heavy (non-hydrogen) atoms. The van der Waals surface area contributed by atoms with E-state index in [2.05, 4.69) is 15.3 Å². The molecule has 0 atom stereocenters. The van der Waals surface area contributed by atoms with E-state index in [-0.39, 0.29) is 23.6 Å². The van der Waals surface area contributed by atoms with Gasteiger partial charge in [-0.3, -0.25) is 15.4 Å². The van der Waals surface area contributed by atoms with E-state index in [1.54, 1.807) is 0 Å². The molecular formula is C18H13F2N5O3S. The minimum Gasteiger partial charge on any atom is -0.313 e. The molecule has 1 aromatic carbocycles. The number of nitrogens with one attached hydrogen (secondary N) is 1. The Bertz CT molecular complexity index is 1130. The lowest BCUT2D eigenvalue weighted by molar-refractivity contribution is -0.384. The number of pyridine rings is 1. The molecule has 11 heteroatoms. The molecule has 0 unspecified atom stereocenters. The van der Waals surface area contributed by atoms with Gasteiger partial charge in [-0.15, -0.1) is 11.3 Å². The van der Waals surface area contributed by atoms with E-state index in [1.165, 1.54) is 28.4 Å². The molecule has 0 bridgehead atoms. The number of thiazole rings is 1. The molecule has 8 nitrogen and oxygen atoms in total. The number of amides is 2. The van der Waals surface area contributed by atoms with E-state index in [0.717, 1.165) is 27.7 Å². The first kappa shape index (κ1) is 18.9. The molecule has 0 radical (unpaired) electrons. The van der Waals surface area contributed by atoms with Crippen LogP contribution in [0, 0.1) is 28.7 Å². The number of nitro groups is 1. The van der Waals surface area contributed by atoms with Gasteiger partial charge in [0.05, 0.1) is 34.4 Å². The molecule has 0 aliphatic carbocycles. The van der Waals surface area contributed by atoms with Crippen molar-refractivity contribution in [3.05, 3.63) is 67.7 Å². The first-order chi connectivity index (χ1) is 13.8. The Hall–Kier alpha value is -3.47. The van der Waals surface area contributed by atoms with Crippen molar-refractivity contribution >= 4 is 28.9 Å². The van der Waals surface area contributed by atoms with Crippen LogP contribution in [0.5, 0.6) is 0 Å². The number of aryl methyl sites for hydroxylation is 1. The van der Waals surface area contributed by atoms with Crippen molar-refractivity contribution in [3.63, 3.8) is 0 Å². The lowest BCUT2D eigenvalue weighted by Crippen LogP contribution is -2.31. The van der Waals surface area contributed by atoms with Crippen molar-refractivity contribution in [2.24, 2.45) is 0 Å². The molecule has 4 rings (SSSR count). The molecule has 2 amide bonds. The lowest BCUT2D eigenvalue weighted by atomic mass is 10.1. The zero-order valence-corrected chi connectivity index (χ0v) is 15.8. The Kier molecular flexibility index (Phi) is 4.66. The topological polar surface area (TPSA) is 101 Å². The van der Waals surface area contributed by atoms with Crippen molar-refractivity contribution in [3.8, 4) is 11.3 Å². The van der Waals surface area contributed by atoms with Crippen LogP contribution in [0.4, 0.5) is 25.1 Å². The molecule has 1 N–H and O–H groups in total. The summed E-state index contributed by atoms with van der Waals surface area (Å²) in [6.45, 7) is 2.50. The Morgan fingerprint density at radius 3 is 2.72 bits per heavy atom. The van der Waals surface area contributed by atoms with E-state index < -0.39 is 28.3 Å². The predicted molar refractivity (Wildman–Crippen MR) is 101 cm³/mol. The summed E-state index contributed by atoms with van der Waals surface area (Å²) in [6.07, 6.45) is 0. The maximum atomic E-state index is 14.1. The fraction of sp³-hybridized carbons (Fsp3) is 0.167. The zero-order valence-electron chi connectivity index (χ0n) is 15.0. The molecule has 3 heterocycles. The molecule has 0 spiro atoms. The highest BCUT2D eigenvalue weighted by molar-refractivity contribution is 7.11. The van der Waals surface area contributed by atoms with Crippen molar-refractivity contribution in [2.45, 2.75) is 20.0 Å². The SMILES string of the molecule is Cc1nc2c(s1)CN(C(=O)Nc1nc(-c3ccc(F)cc3F)ccc1[N+](=O)[O-])C2. The Labute approximate surface area is 167 Å². The van der Waals surface area contributed by atoms with E-state index in [4.69, 9.17) is 0 Å². The van der Waals surface area contributed by atoms with Crippen molar-refractivity contribution in [2.75, 3.05) is 5.32 Å². The number of urea groups is 1. The maximum Gasteiger partial charge on any atom is 0.323 e. The van der Waals surface area contributed by atoms with Crippen LogP contribution in [0.3, 0.4) is 0 Å². The second-order valence-electron chi connectivity index (χ2n) is 6.33. The first-order valence-electron chi connectivity index (χ1n) is 8.44. The number of nitrogens with zero attached hydrogens (tertiary/aromatic N) is 4. The van der Waals surface area contributed by atoms with Gasteiger partial charge in [0, 0.05) is 22.6 Å². The van der Waals surface area contributed by atoms with Crippen LogP contribution in [0.25, 0.3) is 11.3 Å². The number of carbonyl (C=O) groups excluding carboxylic acids is 1. The molecule has 1 aliphatic heterocycles. The van der Waals surface area contributed by atoms with Crippen LogP contribution >= 0.6 is 11.3 Å². The lowest BCUT2D eigenvalue weighted by Gasteiger charge is -2.16. The third kappa shape index (κ3) is 3.63. The summed E-state index contributed by atoms with van der Waals surface area (Å²) < 4.78 is 27.2. The summed E-state index contributed by atoms with van der Waals surface area (Å²) in [7, 11) is 0. The van der Waals surface area contributed by atoms with Gasteiger partial charge in [0.1, 0.15) is 11.6 Å². The molecule has 0 saturated heterocycles. The fourth-order valence-electron chi connectivity index (χ4n) is 3.03. The van der Waals surface area contributed by atoms with E-state index in [9.17, 15) is 23.7 Å². The van der Waals surface area contributed by atoms with Gasteiger partial charge in [-0.05, 0) is 25.1 Å². The van der Waals surface area contributed by atoms with Gasteiger partial charge >= 0.3 is 11.7 Å². The van der Waals surface area contributed by atoms with Gasteiger partial charge in [0.25, 0.3) is 0 Å². The number of hydrogen-bond donors (Lipinski definition) is 1. The van der Waals surface area contributed by atoms with Crippen LogP contribution in [0.15, 0.2) is 30.3 Å². The molecular weight excluding hydrogens is 404 g/mol. The average molecular weight is 417 g/mol. The number of rotatable bonds is 3. The summed E-state index contributed by atoms with van der Waals surface area (Å²) in [6, 6.07) is 4.69. The Morgan fingerprint density at radius 1 is 1.24 bits per heavy atom. The number of benzene rings is 1. The summed E-state index contributed by atoms with van der Waals surface area (Å²) in [5.74, 6) is -1.94. The predicted octanol–water partition coefficient (Wildman–Crippen LogP) is 4.25. The highest BCUT2D eigenvalue weighted by atomic mass is 32.1. The highest BCUT2D eigenvalue weighted by Gasteiger charge is 2.28. The number of aromatic nitrogens is 2. The molecule has 1 aliphatic rings. The Balaban J connectivity index is 1.62. The highest BCUT2D eigenvalue weighted by Crippen LogP contribution is 2.31. The largest absolute Gasteiger partial charge is 0.323 e. The van der Waals surface area contributed by atoms with Gasteiger partial charge in [0.15, 0.2) is 0 Å². The zero-order chi connectivity index (χ0) is 20.7. The maximum absolute atomic E-state index is 14.1. The average Bonchev–Trinajstić information content (AvgIpc) is 3.19. The number of hydrogen-bond acceptors (Lipinski definition) is 6. The molecule has 3 aromatic rings. The van der Waals surface area contributed by atoms with Crippen molar-refractivity contribution < 1.29 is 18.5 Å². The van der Waals surface area contributed by atoms with Gasteiger partial charge in [-0.1, -0.05) is 0 Å². The van der Waals surface area contributed by atoms with Gasteiger partial charge in [-0.2, -0.15) is 0 Å². The Morgan fingerprint density at radius 2 is 2.03 bits per heavy atom. The number of anilines is 1. The van der Waals surface area contributed by atoms with Gasteiger partial charge in [-0.25, -0.2) is 23.5 Å². The van der Waals surface area contributed by atoms with Gasteiger partial charge in [0.2, 0.25) is 5.82 Å². The first-order valence-corrected chi connectivity index (χ1v) is 9.25. The third-order valence-electron chi connectivity index (χ3n) is 4.35. The van der Waals surface area contributed by atoms with Crippen LogP contribution in [-0.2, 0) is 13.1 Å². The van der Waals surface area contributed by atoms with Crippen LogP contribution < -0.4 is 5.32 Å². The number of fused-ring (bicyclic) bond motifs is 1. The summed E-state index contributed by atoms with van der Waals surface area (Å²) in [4.78, 5) is 34.0. The fourth-order valence-corrected chi connectivity index (χ4v) is 3.99. The summed E-state index contributed by atoms with van der Waals surface area (Å²) in [5, 5.41) is 14.7. The van der Waals surface area contributed by atoms with Crippen molar-refractivity contribution in [1.82, 2.24) is 14.9 Å². The monoisotopic (exact) mass is 417 g/mol. The summed E-state index contributed by atoms with van der Waals surface area (Å²) >= 11 is 1.49. The van der Waals surface area contributed by atoms with E-state index in [0.29, 0.717) is 12.6 Å². The molecule has 0 saturated carbocycles. The van der Waals surface area contributed by atoms with Gasteiger partial charge < -0.3 is 4.90 Å². The standard InChI is InChI=1S/C18H13F2N5O3S/c1-9-21-14-7-24(8-16(14)29-9)18(26)23-17-15(25(27)28)5-4-13(22-17)11-3-2-10(19)6-12(11)20/h2-6H,7-8H2,1H3,(H,22,23,26). The minimum absolute atomic E-state index is 0.0289. The number of halogens is 2. The van der Waals surface area contributed by atoms with Crippen molar-refractivity contribution in [1.29, 1.82) is 0 Å². The van der Waals surface area contributed by atoms with Crippen LogP contribution in [0.1, 0.15) is 15.6 Å². The minimum atomic E-state index is -0.867. The third-order valence-corrected chi connectivity index (χ3v) is 5.35. The van der Waals surface area contributed by atoms with Crippen LogP contribution in [-0.4, -0.2) is 25.8 Å². The quantitative estimate of drug-likeness (QED) is 0.507. The smallest absolute Gasteiger partial charge is 0.313 e. The normalized spacial score (nSPS) is 12.7. The van der Waals surface area contributed by atoms with E-state index in [1.807, 2.05) is 6.92 Å².